The molecule has 0 bridgehead atoms. The number of fused-ring (bicyclic) bond motifs is 10. The molecule has 0 aliphatic carbocycles. The van der Waals surface area contributed by atoms with Gasteiger partial charge in [0, 0.05) is 0 Å². The van der Waals surface area contributed by atoms with E-state index in [1.54, 1.807) is 22.6 Å². The van der Waals surface area contributed by atoms with E-state index < -0.39 is 7.72 Å². The van der Waals surface area contributed by atoms with E-state index in [2.05, 4.69) is 13.8 Å². The van der Waals surface area contributed by atoms with Crippen LogP contribution < -0.4 is 0 Å². The van der Waals surface area contributed by atoms with Gasteiger partial charge >= 0.3 is 65.7 Å². The van der Waals surface area contributed by atoms with Gasteiger partial charge in [-0.05, 0) is 0 Å². The molecule has 10 heterocycles. The van der Waals surface area contributed by atoms with Crippen molar-refractivity contribution in [1.82, 2.24) is 0 Å². The summed E-state index contributed by atoms with van der Waals surface area (Å²) in [5.41, 5.74) is 0. The Balaban J connectivity index is 2.19. The average Bonchev–Trinajstić information content (AvgIpc) is 3.00. The molecule has 4 unspecified atom stereocenters. The normalized spacial score (nSPS) is 158. The molecule has 10 fully saturated rings. The summed E-state index contributed by atoms with van der Waals surface area (Å²) in [4.78, 5) is 0. The maximum absolute atomic E-state index is 2.89. The van der Waals surface area contributed by atoms with Crippen LogP contribution in [0, 0.1) is 0 Å². The van der Waals surface area contributed by atoms with Gasteiger partial charge in [0.25, 0.3) is 0 Å². The molecule has 0 aromatic rings. The summed E-state index contributed by atoms with van der Waals surface area (Å²) in [6.07, 6.45) is 0. The second-order valence-corrected chi connectivity index (χ2v) is 47.9. The van der Waals surface area contributed by atoms with Crippen molar-refractivity contribution in [2.24, 2.45) is 0 Å². The molecule has 0 saturated carbocycles. The van der Waals surface area contributed by atoms with Gasteiger partial charge in [0.1, 0.15) is 0 Å². The molecule has 10 aliphatic heterocycles. The zero-order chi connectivity index (χ0) is 7.94. The monoisotopic (exact) mass is 260 g/mol. The van der Waals surface area contributed by atoms with Gasteiger partial charge in [0.2, 0.25) is 0 Å². The Bertz CT molecular complexity index is 844. The minimum absolute atomic E-state index is 1.17. The SMILES string of the molecule is C[C]12[CH]3[CH]4[C]5(C)[CH]1[Ru]34251678[CH]2[CH]1[CH]6[CH]7[CH]28. The van der Waals surface area contributed by atoms with Gasteiger partial charge in [-0.1, -0.05) is 0 Å². The third-order valence-electron chi connectivity index (χ3n) is 16.2. The van der Waals surface area contributed by atoms with Crippen LogP contribution in [-0.4, -0.2) is 0 Å². The number of rotatable bonds is 0. The second-order valence-electron chi connectivity index (χ2n) is 10.5. The van der Waals surface area contributed by atoms with Gasteiger partial charge in [0.15, 0.2) is 0 Å². The summed E-state index contributed by atoms with van der Waals surface area (Å²) in [5, 5.41) is 0. The van der Waals surface area contributed by atoms with Crippen LogP contribution in [0.15, 0.2) is 0 Å². The van der Waals surface area contributed by atoms with Crippen LogP contribution >= 0.6 is 0 Å². The second kappa shape index (κ2) is 0.256. The molecule has 10 aliphatic rings. The van der Waals surface area contributed by atoms with Crippen LogP contribution in [0.25, 0.3) is 0 Å². The van der Waals surface area contributed by atoms with Crippen molar-refractivity contribution in [2.75, 3.05) is 0 Å². The quantitative estimate of drug-likeness (QED) is 0.573. The van der Waals surface area contributed by atoms with Crippen LogP contribution in [-0.2, 0) is 7.72 Å². The van der Waals surface area contributed by atoms with Crippen molar-refractivity contribution < 1.29 is 7.72 Å². The molecule has 70 valence electrons. The van der Waals surface area contributed by atoms with Gasteiger partial charge < -0.3 is 0 Å². The first-order chi connectivity index (χ1) is 5.93. The topological polar surface area (TPSA) is 0 Å². The molecule has 10 rings (SSSR count). The van der Waals surface area contributed by atoms with Crippen molar-refractivity contribution >= 4 is 0 Å². The molecule has 1 spiro atoms. The molecule has 0 radical (unpaired) electrons. The Morgan fingerprint density at radius 2 is 1.15 bits per heavy atom. The van der Waals surface area contributed by atoms with E-state index in [1.807, 2.05) is 0 Å². The predicted octanol–water partition coefficient (Wildman–Crippen LogP) is 4.16. The zero-order valence-electron chi connectivity index (χ0n) is 7.97. The molecular weight excluding hydrogens is 245 g/mol. The van der Waals surface area contributed by atoms with Crippen molar-refractivity contribution in [1.29, 1.82) is 0 Å². The van der Waals surface area contributed by atoms with Crippen LogP contribution in [0.1, 0.15) is 13.8 Å². The molecule has 0 aromatic carbocycles. The van der Waals surface area contributed by atoms with E-state index >= 15 is 0 Å². The van der Waals surface area contributed by atoms with Crippen molar-refractivity contribution in [2.45, 2.75) is 58.0 Å². The third kappa shape index (κ3) is 0.0277. The fourth-order valence-corrected chi connectivity index (χ4v) is 158. The standard InChI is InChI=1S/C7H9.C5H5.Ru/c1-6-3-4-7(2)5-6;1-2-4-5-3-1;/h3-5H,1-2H3;1-5H;. The van der Waals surface area contributed by atoms with E-state index in [1.165, 1.54) is 21.6 Å². The average molecular weight is 259 g/mol. The van der Waals surface area contributed by atoms with Gasteiger partial charge in [0.05, 0.1) is 0 Å². The molecule has 10 saturated heterocycles. The van der Waals surface area contributed by atoms with E-state index in [0.717, 1.165) is 0 Å². The molecule has 0 aromatic heterocycles. The van der Waals surface area contributed by atoms with E-state index in [9.17, 15) is 0 Å². The third-order valence-corrected chi connectivity index (χ3v) is 88.0. The van der Waals surface area contributed by atoms with Gasteiger partial charge in [-0.15, -0.1) is 0 Å². The number of hydrogen-bond donors (Lipinski definition) is 0. The van der Waals surface area contributed by atoms with Crippen molar-refractivity contribution in [3.05, 3.63) is 0 Å². The van der Waals surface area contributed by atoms with Crippen LogP contribution in [0.3, 0.4) is 0 Å². The molecule has 0 amide bonds. The minimum atomic E-state index is -2.89. The summed E-state index contributed by atoms with van der Waals surface area (Å²) in [5.74, 6) is 0. The predicted molar refractivity (Wildman–Crippen MR) is 46.7 cm³/mol. The fourth-order valence-electron chi connectivity index (χ4n) is 18.9. The van der Waals surface area contributed by atoms with Gasteiger partial charge in [-0.3, -0.25) is 0 Å². The summed E-state index contributed by atoms with van der Waals surface area (Å²) < 4.78 is 14.6. The Hall–Kier alpha value is 0.623. The molecule has 0 nitrogen and oxygen atoms in total. The van der Waals surface area contributed by atoms with Crippen LogP contribution in [0.2, 0.25) is 44.1 Å². The zero-order valence-corrected chi connectivity index (χ0v) is 9.71. The first-order valence-corrected chi connectivity index (χ1v) is 15.9. The van der Waals surface area contributed by atoms with Gasteiger partial charge in [-0.25, -0.2) is 0 Å². The van der Waals surface area contributed by atoms with E-state index in [-0.39, 0.29) is 0 Å². The van der Waals surface area contributed by atoms with Crippen LogP contribution in [0.4, 0.5) is 0 Å². The number of hydrogen-bond acceptors (Lipinski definition) is 0. The van der Waals surface area contributed by atoms with Crippen molar-refractivity contribution in [3.8, 4) is 0 Å². The summed E-state index contributed by atoms with van der Waals surface area (Å²) in [6, 6.07) is 0. The first kappa shape index (κ1) is 4.24. The molecule has 13 heavy (non-hydrogen) atoms. The Kier molecular flexibility index (Phi) is 0.0835. The van der Waals surface area contributed by atoms with Crippen molar-refractivity contribution in [3.63, 3.8) is 0 Å². The summed E-state index contributed by atoms with van der Waals surface area (Å²) in [7, 11) is -2.89. The summed E-state index contributed by atoms with van der Waals surface area (Å²) in [6.45, 7) is 5.66. The molecule has 1 heteroatoms. The Morgan fingerprint density at radius 1 is 0.769 bits per heavy atom. The van der Waals surface area contributed by atoms with E-state index in [4.69, 9.17) is 0 Å². The summed E-state index contributed by atoms with van der Waals surface area (Å²) >= 11 is 0. The maximum atomic E-state index is 2.83. The molecule has 4 atom stereocenters. The van der Waals surface area contributed by atoms with Gasteiger partial charge in [-0.2, -0.15) is 0 Å². The Morgan fingerprint density at radius 3 is 1.15 bits per heavy atom. The molecule has 0 N–H and O–H groups in total. The fraction of sp³-hybridized carbons (Fsp3) is 1.00. The Labute approximate surface area is 65.8 Å². The van der Waals surface area contributed by atoms with Crippen LogP contribution in [0.5, 0.6) is 0 Å². The molecular formula is C12H14Ru. The van der Waals surface area contributed by atoms with E-state index in [0.29, 0.717) is 0 Å². The first-order valence-electron chi connectivity index (χ1n) is 6.14.